The molecule has 0 unspecified atom stereocenters. The van der Waals surface area contributed by atoms with Crippen LogP contribution in [0.1, 0.15) is 12.5 Å². The molecule has 0 spiro atoms. The number of benzene rings is 1. The van der Waals surface area contributed by atoms with Gasteiger partial charge >= 0.3 is 0 Å². The lowest BCUT2D eigenvalue weighted by Crippen LogP contribution is -1.93. The molecule has 1 heteroatoms. The Morgan fingerprint density at radius 3 is 2.40 bits per heavy atom. The van der Waals surface area contributed by atoms with E-state index in [1.54, 1.807) is 6.92 Å². The van der Waals surface area contributed by atoms with Crippen molar-refractivity contribution < 1.29 is 5.11 Å². The van der Waals surface area contributed by atoms with Crippen LogP contribution in [0.15, 0.2) is 30.3 Å². The number of rotatable bonds is 2. The maximum Gasteiger partial charge on any atom is 0.0946 e. The maximum absolute atomic E-state index is 8.92. The van der Waals surface area contributed by atoms with Crippen molar-refractivity contribution in [1.29, 1.82) is 0 Å². The van der Waals surface area contributed by atoms with Gasteiger partial charge in [0, 0.05) is 6.42 Å². The molecule has 0 aliphatic rings. The highest BCUT2D eigenvalue weighted by molar-refractivity contribution is 5.16. The van der Waals surface area contributed by atoms with Gasteiger partial charge < -0.3 is 5.11 Å². The molecule has 0 amide bonds. The molecule has 0 bridgehead atoms. The summed E-state index contributed by atoms with van der Waals surface area (Å²) in [5.74, 6) is 0. The molecule has 0 heterocycles. The third kappa shape index (κ3) is 2.19. The van der Waals surface area contributed by atoms with Crippen LogP contribution in [0.4, 0.5) is 0 Å². The van der Waals surface area contributed by atoms with E-state index in [1.807, 2.05) is 30.3 Å². The van der Waals surface area contributed by atoms with Crippen LogP contribution in [0.2, 0.25) is 0 Å². The van der Waals surface area contributed by atoms with E-state index in [2.05, 4.69) is 0 Å². The second-order valence-corrected chi connectivity index (χ2v) is 2.40. The third-order valence-corrected chi connectivity index (χ3v) is 1.30. The number of aliphatic hydroxyl groups is 1. The van der Waals surface area contributed by atoms with Crippen molar-refractivity contribution in [1.82, 2.24) is 0 Å². The number of aliphatic hydroxyl groups excluding tert-OH is 1. The summed E-state index contributed by atoms with van der Waals surface area (Å²) >= 11 is 0. The Morgan fingerprint density at radius 1 is 1.30 bits per heavy atom. The maximum atomic E-state index is 8.92. The first-order valence-corrected chi connectivity index (χ1v) is 3.34. The van der Waals surface area contributed by atoms with Crippen molar-refractivity contribution in [2.45, 2.75) is 13.3 Å². The highest BCUT2D eigenvalue weighted by Crippen LogP contribution is 2.05. The number of hydrogen-bond acceptors (Lipinski definition) is 1. The fourth-order valence-electron chi connectivity index (χ4n) is 0.891. The Morgan fingerprint density at radius 2 is 1.90 bits per heavy atom. The van der Waals surface area contributed by atoms with Crippen LogP contribution in [0.5, 0.6) is 0 Å². The predicted molar refractivity (Wildman–Crippen MR) is 41.0 cm³/mol. The second kappa shape index (κ2) is 3.37. The zero-order valence-electron chi connectivity index (χ0n) is 6.04. The van der Waals surface area contributed by atoms with Crippen molar-refractivity contribution in [2.24, 2.45) is 0 Å². The molecular formula is C9H11O. The predicted octanol–water partition coefficient (Wildman–Crippen LogP) is 2.15. The van der Waals surface area contributed by atoms with Crippen molar-refractivity contribution in [2.75, 3.05) is 0 Å². The molecule has 0 fully saturated rings. The lowest BCUT2D eigenvalue weighted by atomic mass is 10.1. The van der Waals surface area contributed by atoms with Crippen LogP contribution in [-0.2, 0) is 6.42 Å². The van der Waals surface area contributed by atoms with Gasteiger partial charge in [0.15, 0.2) is 0 Å². The van der Waals surface area contributed by atoms with Crippen molar-refractivity contribution in [3.63, 3.8) is 0 Å². The molecule has 53 valence electrons. The molecule has 1 rings (SSSR count). The fourth-order valence-corrected chi connectivity index (χ4v) is 0.891. The molecule has 1 nitrogen and oxygen atoms in total. The molecule has 0 saturated heterocycles. The first-order chi connectivity index (χ1) is 4.79. The van der Waals surface area contributed by atoms with Gasteiger partial charge in [-0.05, 0) is 12.5 Å². The van der Waals surface area contributed by atoms with Crippen LogP contribution in [0.3, 0.4) is 0 Å². The van der Waals surface area contributed by atoms with E-state index in [1.165, 1.54) is 0 Å². The van der Waals surface area contributed by atoms with E-state index in [9.17, 15) is 0 Å². The Labute approximate surface area is 61.3 Å². The third-order valence-electron chi connectivity index (χ3n) is 1.30. The normalized spacial score (nSPS) is 10.3. The average Bonchev–Trinajstić information content (AvgIpc) is 1.88. The minimum absolute atomic E-state index is 0.464. The monoisotopic (exact) mass is 135 g/mol. The minimum atomic E-state index is 0.464. The molecule has 0 aliphatic heterocycles. The Kier molecular flexibility index (Phi) is 2.46. The Hall–Kier alpha value is -0.820. The lowest BCUT2D eigenvalue weighted by Gasteiger charge is -2.00. The molecular weight excluding hydrogens is 124 g/mol. The molecule has 0 aromatic heterocycles. The van der Waals surface area contributed by atoms with Crippen molar-refractivity contribution >= 4 is 0 Å². The SMILES string of the molecule is C[C](O)Cc1ccccc1. The summed E-state index contributed by atoms with van der Waals surface area (Å²) in [5, 5.41) is 8.92. The van der Waals surface area contributed by atoms with Gasteiger partial charge in [0.05, 0.1) is 6.10 Å². The second-order valence-electron chi connectivity index (χ2n) is 2.40. The van der Waals surface area contributed by atoms with Crippen molar-refractivity contribution in [3.05, 3.63) is 42.0 Å². The van der Waals surface area contributed by atoms with Crippen LogP contribution in [0, 0.1) is 6.10 Å². The lowest BCUT2D eigenvalue weighted by molar-refractivity contribution is 0.307. The average molecular weight is 135 g/mol. The standard InChI is InChI=1S/C9H11O/c1-8(10)7-9-5-3-2-4-6-9/h2-6,10H,7H2,1H3. The Balaban J connectivity index is 2.59. The van der Waals surface area contributed by atoms with Gasteiger partial charge in [0.25, 0.3) is 0 Å². The fraction of sp³-hybridized carbons (Fsp3) is 0.222. The van der Waals surface area contributed by atoms with Crippen LogP contribution in [-0.4, -0.2) is 5.11 Å². The minimum Gasteiger partial charge on any atom is -0.387 e. The van der Waals surface area contributed by atoms with E-state index >= 15 is 0 Å². The van der Waals surface area contributed by atoms with Crippen LogP contribution in [0.25, 0.3) is 0 Å². The van der Waals surface area contributed by atoms with E-state index in [-0.39, 0.29) is 0 Å². The van der Waals surface area contributed by atoms with E-state index in [0.717, 1.165) is 5.56 Å². The first kappa shape index (κ1) is 7.29. The van der Waals surface area contributed by atoms with Gasteiger partial charge in [0.1, 0.15) is 0 Å². The highest BCUT2D eigenvalue weighted by atomic mass is 16.3. The molecule has 1 N–H and O–H groups in total. The van der Waals surface area contributed by atoms with Gasteiger partial charge in [-0.15, -0.1) is 0 Å². The van der Waals surface area contributed by atoms with Crippen molar-refractivity contribution in [3.8, 4) is 0 Å². The van der Waals surface area contributed by atoms with Crippen LogP contribution >= 0.6 is 0 Å². The summed E-state index contributed by atoms with van der Waals surface area (Å²) in [6.07, 6.45) is 1.13. The highest BCUT2D eigenvalue weighted by Gasteiger charge is 1.96. The van der Waals surface area contributed by atoms with Gasteiger partial charge in [0.2, 0.25) is 0 Å². The van der Waals surface area contributed by atoms with Gasteiger partial charge in [-0.25, -0.2) is 0 Å². The summed E-state index contributed by atoms with van der Waals surface area (Å²) < 4.78 is 0. The van der Waals surface area contributed by atoms with E-state index in [4.69, 9.17) is 5.11 Å². The molecule has 1 radical (unpaired) electrons. The summed E-state index contributed by atoms with van der Waals surface area (Å²) in [6.45, 7) is 1.72. The zero-order chi connectivity index (χ0) is 7.40. The first-order valence-electron chi connectivity index (χ1n) is 3.34. The molecule has 1 aromatic rings. The molecule has 0 aliphatic carbocycles. The largest absolute Gasteiger partial charge is 0.387 e. The van der Waals surface area contributed by atoms with Gasteiger partial charge in [-0.1, -0.05) is 30.3 Å². The molecule has 1 aromatic carbocycles. The Bertz CT molecular complexity index is 179. The quantitative estimate of drug-likeness (QED) is 0.658. The molecule has 10 heavy (non-hydrogen) atoms. The topological polar surface area (TPSA) is 20.2 Å². The summed E-state index contributed by atoms with van der Waals surface area (Å²) in [5.41, 5.74) is 1.16. The number of hydrogen-bond donors (Lipinski definition) is 1. The smallest absolute Gasteiger partial charge is 0.0946 e. The zero-order valence-corrected chi connectivity index (χ0v) is 6.04. The van der Waals surface area contributed by atoms with Gasteiger partial charge in [-0.3, -0.25) is 0 Å². The summed E-state index contributed by atoms with van der Waals surface area (Å²) in [7, 11) is 0. The molecule has 0 saturated carbocycles. The summed E-state index contributed by atoms with van der Waals surface area (Å²) in [6, 6.07) is 9.91. The molecule has 0 atom stereocenters. The summed E-state index contributed by atoms with van der Waals surface area (Å²) in [4.78, 5) is 0. The van der Waals surface area contributed by atoms with E-state index in [0.29, 0.717) is 12.5 Å². The van der Waals surface area contributed by atoms with E-state index < -0.39 is 0 Å². The van der Waals surface area contributed by atoms with Crippen LogP contribution < -0.4 is 0 Å². The van der Waals surface area contributed by atoms with Gasteiger partial charge in [-0.2, -0.15) is 0 Å².